The minimum absolute atomic E-state index is 0.119. The van der Waals surface area contributed by atoms with Crippen LogP contribution in [0.1, 0.15) is 42.7 Å². The van der Waals surface area contributed by atoms with Crippen LogP contribution < -0.4 is 22.1 Å². The van der Waals surface area contributed by atoms with Gasteiger partial charge in [0.15, 0.2) is 11.9 Å². The average Bonchev–Trinajstić information content (AvgIpc) is 3.16. The fourth-order valence-corrected chi connectivity index (χ4v) is 2.63. The van der Waals surface area contributed by atoms with E-state index in [4.69, 9.17) is 21.1 Å². The molecule has 2 aromatic rings. The number of carboxylic acids is 1. The van der Waals surface area contributed by atoms with Crippen molar-refractivity contribution in [1.29, 1.82) is 0 Å². The molecule has 0 fully saturated rings. The fourth-order valence-electron chi connectivity index (χ4n) is 2.63. The van der Waals surface area contributed by atoms with Gasteiger partial charge < -0.3 is 36.8 Å². The maximum atomic E-state index is 12.1. The Kier molecular flexibility index (Phi) is 7.83. The Balaban J connectivity index is 2.10. The van der Waals surface area contributed by atoms with Crippen LogP contribution in [0.5, 0.6) is 0 Å². The number of amides is 3. The lowest BCUT2D eigenvalue weighted by molar-refractivity contribution is -0.141. The lowest BCUT2D eigenvalue weighted by Gasteiger charge is -2.19. The molecule has 30 heavy (non-hydrogen) atoms. The zero-order chi connectivity index (χ0) is 22.3. The van der Waals surface area contributed by atoms with Gasteiger partial charge in [0.25, 0.3) is 0 Å². The van der Waals surface area contributed by atoms with E-state index >= 15 is 0 Å². The van der Waals surface area contributed by atoms with Gasteiger partial charge in [0, 0.05) is 0 Å². The van der Waals surface area contributed by atoms with Crippen LogP contribution in [0, 0.1) is 0 Å². The van der Waals surface area contributed by atoms with Crippen molar-refractivity contribution in [2.45, 2.75) is 44.0 Å². The first-order valence-corrected chi connectivity index (χ1v) is 9.06. The number of hydrogen-bond acceptors (Lipinski definition) is 8. The van der Waals surface area contributed by atoms with Crippen molar-refractivity contribution in [3.63, 3.8) is 0 Å². The average molecular weight is 420 g/mol. The van der Waals surface area contributed by atoms with E-state index in [2.05, 4.69) is 20.8 Å². The number of benzene rings is 1. The second kappa shape index (κ2) is 10.3. The Labute approximate surface area is 171 Å². The first-order valence-electron chi connectivity index (χ1n) is 9.06. The van der Waals surface area contributed by atoms with Gasteiger partial charge in [-0.05, 0) is 18.9 Å². The molecule has 2 rings (SSSR count). The van der Waals surface area contributed by atoms with Crippen LogP contribution >= 0.6 is 0 Å². The second-order valence-corrected chi connectivity index (χ2v) is 6.68. The normalized spacial score (nSPS) is 14.9. The zero-order valence-electron chi connectivity index (χ0n) is 16.2. The molecule has 12 nitrogen and oxygen atoms in total. The number of aliphatic carboxylic acids is 1. The van der Waals surface area contributed by atoms with Crippen molar-refractivity contribution in [2.24, 2.45) is 11.5 Å². The van der Waals surface area contributed by atoms with Crippen LogP contribution in [0.4, 0.5) is 4.79 Å². The number of primary amides is 1. The smallest absolute Gasteiger partial charge is 0.328 e. The number of nitrogens with one attached hydrogen (secondary N) is 2. The predicted molar refractivity (Wildman–Crippen MR) is 103 cm³/mol. The van der Waals surface area contributed by atoms with Crippen LogP contribution in [0.3, 0.4) is 0 Å². The van der Waals surface area contributed by atoms with Gasteiger partial charge in [-0.15, -0.1) is 0 Å². The highest BCUT2D eigenvalue weighted by Gasteiger charge is 2.29. The number of carbonyl (C=O) groups is 3. The molecule has 162 valence electrons. The van der Waals surface area contributed by atoms with Gasteiger partial charge in [-0.2, -0.15) is 4.98 Å². The monoisotopic (exact) mass is 420 g/mol. The molecule has 4 atom stereocenters. The first-order chi connectivity index (χ1) is 14.2. The van der Waals surface area contributed by atoms with Gasteiger partial charge in [0.05, 0.1) is 18.6 Å². The molecule has 12 heteroatoms. The molecule has 0 aliphatic carbocycles. The summed E-state index contributed by atoms with van der Waals surface area (Å²) in [6, 6.07) is 5.15. The van der Waals surface area contributed by atoms with E-state index in [1.54, 1.807) is 0 Å². The number of aromatic nitrogens is 2. The van der Waals surface area contributed by atoms with Crippen LogP contribution in [0.25, 0.3) is 0 Å². The highest BCUT2D eigenvalue weighted by atomic mass is 16.5. The van der Waals surface area contributed by atoms with Gasteiger partial charge in [-0.1, -0.05) is 35.5 Å². The van der Waals surface area contributed by atoms with Crippen LogP contribution in [0.15, 0.2) is 34.9 Å². The van der Waals surface area contributed by atoms with Crippen LogP contribution in [-0.4, -0.2) is 50.4 Å². The third-order valence-electron chi connectivity index (χ3n) is 4.13. The summed E-state index contributed by atoms with van der Waals surface area (Å²) in [5, 5.41) is 26.7. The minimum Gasteiger partial charge on any atom is -0.480 e. The van der Waals surface area contributed by atoms with Crippen LogP contribution in [-0.2, 0) is 16.0 Å². The number of urea groups is 1. The first kappa shape index (κ1) is 22.8. The Morgan fingerprint density at radius 2 is 1.87 bits per heavy atom. The lowest BCUT2D eigenvalue weighted by atomic mass is 10.1. The number of carboxylic acid groups (broad SMARTS) is 1. The molecule has 3 amide bonds. The third kappa shape index (κ3) is 6.53. The Bertz CT molecular complexity index is 871. The topological polar surface area (TPSA) is 207 Å². The number of hydrogen-bond donors (Lipinski definition) is 6. The Morgan fingerprint density at radius 3 is 2.43 bits per heavy atom. The molecular formula is C18H24N6O6. The van der Waals surface area contributed by atoms with E-state index in [1.165, 1.54) is 6.92 Å². The summed E-state index contributed by atoms with van der Waals surface area (Å²) in [4.78, 5) is 38.8. The highest BCUT2D eigenvalue weighted by Crippen LogP contribution is 2.19. The summed E-state index contributed by atoms with van der Waals surface area (Å²) in [5.74, 6) is -2.15. The molecule has 1 aromatic carbocycles. The number of aliphatic hydroxyl groups excluding tert-OH is 1. The largest absolute Gasteiger partial charge is 0.480 e. The standard InChI is InChI=1S/C18H24N6O6/c1-9(25)14(17(27)28)22-18(29)21-12(8-13(20)26)16-23-15(24-30-16)11(19)7-10-5-3-2-4-6-10/h2-6,9,11-12,14,25H,7-8,19H2,1H3,(H2,20,26)(H,27,28)(H2,21,22,29)/t9?,11-,12-,14?/m0/s1. The summed E-state index contributed by atoms with van der Waals surface area (Å²) in [5.41, 5.74) is 12.3. The summed E-state index contributed by atoms with van der Waals surface area (Å²) in [7, 11) is 0. The number of nitrogens with zero attached hydrogens (tertiary/aromatic N) is 2. The highest BCUT2D eigenvalue weighted by molar-refractivity contribution is 5.83. The third-order valence-corrected chi connectivity index (χ3v) is 4.13. The Morgan fingerprint density at radius 1 is 1.20 bits per heavy atom. The second-order valence-electron chi connectivity index (χ2n) is 6.68. The summed E-state index contributed by atoms with van der Waals surface area (Å²) >= 11 is 0. The summed E-state index contributed by atoms with van der Waals surface area (Å²) < 4.78 is 5.13. The molecule has 0 saturated carbocycles. The fraction of sp³-hybridized carbons (Fsp3) is 0.389. The maximum absolute atomic E-state index is 12.1. The van der Waals surface area contributed by atoms with Gasteiger partial charge >= 0.3 is 12.0 Å². The van der Waals surface area contributed by atoms with Crippen molar-refractivity contribution >= 4 is 17.9 Å². The molecule has 8 N–H and O–H groups in total. The summed E-state index contributed by atoms with van der Waals surface area (Å²) in [6.45, 7) is 1.21. The molecule has 0 spiro atoms. The zero-order valence-corrected chi connectivity index (χ0v) is 16.2. The Hall–Kier alpha value is -3.51. The van der Waals surface area contributed by atoms with Crippen molar-refractivity contribution in [1.82, 2.24) is 20.8 Å². The van der Waals surface area contributed by atoms with E-state index in [0.29, 0.717) is 6.42 Å². The number of carbonyl (C=O) groups excluding carboxylic acids is 2. The predicted octanol–water partition coefficient (Wildman–Crippen LogP) is -0.638. The molecule has 0 bridgehead atoms. The molecule has 0 saturated heterocycles. The summed E-state index contributed by atoms with van der Waals surface area (Å²) in [6.07, 6.45) is -1.30. The van der Waals surface area contributed by atoms with E-state index in [1.807, 2.05) is 30.3 Å². The SMILES string of the molecule is CC(O)C(NC(=O)N[C@@H](CC(N)=O)c1nc([C@@H](N)Cc2ccccc2)no1)C(=O)O. The molecule has 0 radical (unpaired) electrons. The van der Waals surface area contributed by atoms with Crippen LogP contribution in [0.2, 0.25) is 0 Å². The molecule has 2 unspecified atom stereocenters. The number of nitrogens with two attached hydrogens (primary N) is 2. The number of aliphatic hydroxyl groups is 1. The van der Waals surface area contributed by atoms with Crippen molar-refractivity contribution < 1.29 is 29.1 Å². The van der Waals surface area contributed by atoms with E-state index in [0.717, 1.165) is 5.56 Å². The molecule has 0 aliphatic heterocycles. The van der Waals surface area contributed by atoms with E-state index in [9.17, 15) is 19.5 Å². The van der Waals surface area contributed by atoms with Gasteiger partial charge in [-0.3, -0.25) is 4.79 Å². The van der Waals surface area contributed by atoms with Gasteiger partial charge in [-0.25, -0.2) is 9.59 Å². The maximum Gasteiger partial charge on any atom is 0.328 e. The molecule has 1 aromatic heterocycles. The molecular weight excluding hydrogens is 396 g/mol. The van der Waals surface area contributed by atoms with E-state index < -0.39 is 42.1 Å². The molecule has 0 aliphatic rings. The van der Waals surface area contributed by atoms with Gasteiger partial charge in [0.1, 0.15) is 6.04 Å². The number of rotatable bonds is 10. The quantitative estimate of drug-likeness (QED) is 0.288. The minimum atomic E-state index is -1.56. The van der Waals surface area contributed by atoms with Crippen molar-refractivity contribution in [3.05, 3.63) is 47.6 Å². The van der Waals surface area contributed by atoms with Crippen molar-refractivity contribution in [2.75, 3.05) is 0 Å². The van der Waals surface area contributed by atoms with Crippen molar-refractivity contribution in [3.8, 4) is 0 Å². The van der Waals surface area contributed by atoms with E-state index in [-0.39, 0.29) is 18.1 Å². The molecule has 1 heterocycles. The van der Waals surface area contributed by atoms with Gasteiger partial charge in [0.2, 0.25) is 11.8 Å². The lowest BCUT2D eigenvalue weighted by Crippen LogP contribution is -2.52.